The molecule has 2 aromatic heterocycles. The number of nitrogens with zero attached hydrogens (tertiary/aromatic N) is 3. The summed E-state index contributed by atoms with van der Waals surface area (Å²) in [5.74, 6) is 0.364. The fourth-order valence-corrected chi connectivity index (χ4v) is 2.02. The summed E-state index contributed by atoms with van der Waals surface area (Å²) in [7, 11) is 0. The zero-order valence-electron chi connectivity index (χ0n) is 8.01. The van der Waals surface area contributed by atoms with Crippen LogP contribution in [0.25, 0.3) is 5.65 Å². The van der Waals surface area contributed by atoms with Gasteiger partial charge in [0, 0.05) is 6.20 Å². The highest BCUT2D eigenvalue weighted by atomic mass is 127. The van der Waals surface area contributed by atoms with E-state index < -0.39 is 11.7 Å². The van der Waals surface area contributed by atoms with Crippen molar-refractivity contribution in [1.82, 2.24) is 14.6 Å². The zero-order chi connectivity index (χ0) is 12.1. The van der Waals surface area contributed by atoms with Gasteiger partial charge in [-0.2, -0.15) is 13.2 Å². The van der Waals surface area contributed by atoms with E-state index in [0.29, 0.717) is 5.82 Å². The smallest absolute Gasteiger partial charge is 0.395 e. The average Bonchev–Trinajstić information content (AvgIpc) is 2.52. The van der Waals surface area contributed by atoms with Gasteiger partial charge in [0.15, 0.2) is 5.65 Å². The number of nitrogen functional groups attached to an aromatic ring is 1. The van der Waals surface area contributed by atoms with Gasteiger partial charge in [0.05, 0.1) is 14.8 Å². The number of aryl methyl sites for hydroxylation is 1. The highest BCUT2D eigenvalue weighted by Gasteiger charge is 2.35. The molecule has 2 aromatic rings. The van der Waals surface area contributed by atoms with Crippen LogP contribution in [0.2, 0.25) is 0 Å². The van der Waals surface area contributed by atoms with Crippen LogP contribution in [0.4, 0.5) is 18.9 Å². The first-order valence-corrected chi connectivity index (χ1v) is 5.26. The van der Waals surface area contributed by atoms with Gasteiger partial charge in [-0.1, -0.05) is 0 Å². The van der Waals surface area contributed by atoms with Crippen molar-refractivity contribution in [2.75, 3.05) is 5.73 Å². The molecule has 2 rings (SSSR count). The van der Waals surface area contributed by atoms with Gasteiger partial charge in [-0.25, -0.2) is 0 Å². The molecule has 0 bridgehead atoms. The molecule has 8 heteroatoms. The van der Waals surface area contributed by atoms with Gasteiger partial charge in [0.2, 0.25) is 0 Å². The number of alkyl halides is 3. The van der Waals surface area contributed by atoms with E-state index in [0.717, 1.165) is 6.20 Å². The third-order valence-corrected chi connectivity index (χ3v) is 3.31. The molecule has 4 nitrogen and oxygen atoms in total. The first-order chi connectivity index (χ1) is 7.32. The Morgan fingerprint density at radius 1 is 1.38 bits per heavy atom. The molecule has 0 radical (unpaired) electrons. The lowest BCUT2D eigenvalue weighted by atomic mass is 10.2. The number of rotatable bonds is 0. The van der Waals surface area contributed by atoms with E-state index in [1.807, 2.05) is 0 Å². The van der Waals surface area contributed by atoms with E-state index >= 15 is 0 Å². The Labute approximate surface area is 102 Å². The van der Waals surface area contributed by atoms with Crippen molar-refractivity contribution >= 4 is 33.9 Å². The lowest BCUT2D eigenvalue weighted by Gasteiger charge is -2.11. The van der Waals surface area contributed by atoms with E-state index in [9.17, 15) is 13.2 Å². The van der Waals surface area contributed by atoms with Crippen LogP contribution in [0.1, 0.15) is 11.4 Å². The molecule has 86 valence electrons. The van der Waals surface area contributed by atoms with E-state index in [1.54, 1.807) is 29.5 Å². The number of pyridine rings is 1. The quantitative estimate of drug-likeness (QED) is 0.748. The molecule has 0 aromatic carbocycles. The first kappa shape index (κ1) is 11.4. The van der Waals surface area contributed by atoms with Gasteiger partial charge in [-0.15, -0.1) is 10.2 Å². The Morgan fingerprint density at radius 2 is 2.00 bits per heavy atom. The van der Waals surface area contributed by atoms with Gasteiger partial charge in [0.25, 0.3) is 0 Å². The number of hydrogen-bond donors (Lipinski definition) is 1. The normalized spacial score (nSPS) is 12.3. The Kier molecular flexibility index (Phi) is 2.48. The SMILES string of the molecule is Cc1nnc2c(N)c(I)c(C(F)(F)F)cn12. The minimum absolute atomic E-state index is 0.00368. The molecule has 0 aliphatic carbocycles. The molecule has 16 heavy (non-hydrogen) atoms. The van der Waals surface area contributed by atoms with Gasteiger partial charge in [0.1, 0.15) is 5.82 Å². The second-order valence-corrected chi connectivity index (χ2v) is 4.29. The van der Waals surface area contributed by atoms with Crippen LogP contribution in [-0.2, 0) is 6.18 Å². The van der Waals surface area contributed by atoms with Crippen molar-refractivity contribution in [3.63, 3.8) is 0 Å². The van der Waals surface area contributed by atoms with Crippen molar-refractivity contribution in [3.05, 3.63) is 21.2 Å². The maximum atomic E-state index is 12.7. The second-order valence-electron chi connectivity index (χ2n) is 3.21. The summed E-state index contributed by atoms with van der Waals surface area (Å²) in [6.07, 6.45) is -3.47. The van der Waals surface area contributed by atoms with Crippen LogP contribution < -0.4 is 5.73 Å². The molecule has 0 aliphatic rings. The number of hydrogen-bond acceptors (Lipinski definition) is 3. The molecular weight excluding hydrogens is 336 g/mol. The highest BCUT2D eigenvalue weighted by Crippen LogP contribution is 2.36. The molecule has 0 saturated carbocycles. The van der Waals surface area contributed by atoms with Crippen molar-refractivity contribution in [3.8, 4) is 0 Å². The predicted molar refractivity (Wildman–Crippen MR) is 59.9 cm³/mol. The van der Waals surface area contributed by atoms with Crippen LogP contribution in [-0.4, -0.2) is 14.6 Å². The lowest BCUT2D eigenvalue weighted by molar-refractivity contribution is -0.138. The number of halogens is 4. The Balaban J connectivity index is 2.87. The molecular formula is C8H6F3IN4. The Bertz CT molecular complexity index is 560. The molecule has 0 amide bonds. The maximum Gasteiger partial charge on any atom is 0.418 e. The summed E-state index contributed by atoms with van der Waals surface area (Å²) in [5.41, 5.74) is 5.06. The van der Waals surface area contributed by atoms with Gasteiger partial charge in [-0.05, 0) is 29.5 Å². The summed E-state index contributed by atoms with van der Waals surface area (Å²) in [6, 6.07) is 0. The summed E-state index contributed by atoms with van der Waals surface area (Å²) in [5, 5.41) is 7.40. The monoisotopic (exact) mass is 342 g/mol. The number of aromatic nitrogens is 3. The third kappa shape index (κ3) is 1.60. The summed E-state index contributed by atoms with van der Waals surface area (Å²) >= 11 is 1.56. The van der Waals surface area contributed by atoms with E-state index in [-0.39, 0.29) is 14.9 Å². The van der Waals surface area contributed by atoms with Crippen molar-refractivity contribution in [2.24, 2.45) is 0 Å². The maximum absolute atomic E-state index is 12.7. The molecule has 0 atom stereocenters. The summed E-state index contributed by atoms with van der Waals surface area (Å²) < 4.78 is 39.2. The third-order valence-electron chi connectivity index (χ3n) is 2.14. The van der Waals surface area contributed by atoms with Crippen LogP contribution >= 0.6 is 22.6 Å². The van der Waals surface area contributed by atoms with Crippen LogP contribution in [0.3, 0.4) is 0 Å². The fourth-order valence-electron chi connectivity index (χ4n) is 1.33. The van der Waals surface area contributed by atoms with E-state index in [4.69, 9.17) is 5.73 Å². The number of nitrogens with two attached hydrogens (primary N) is 1. The second kappa shape index (κ2) is 3.47. The standard InChI is InChI=1S/C8H6F3IN4/c1-3-14-15-7-6(13)5(12)4(2-16(3)7)8(9,10)11/h2H,13H2,1H3. The molecule has 0 fully saturated rings. The minimum atomic E-state index is -4.43. The zero-order valence-corrected chi connectivity index (χ0v) is 10.2. The van der Waals surface area contributed by atoms with Crippen molar-refractivity contribution in [1.29, 1.82) is 0 Å². The number of fused-ring (bicyclic) bond motifs is 1. The van der Waals surface area contributed by atoms with E-state index in [1.165, 1.54) is 4.40 Å². The summed E-state index contributed by atoms with van der Waals surface area (Å²) in [6.45, 7) is 1.56. The molecule has 0 spiro atoms. The van der Waals surface area contributed by atoms with Gasteiger partial charge >= 0.3 is 6.18 Å². The minimum Gasteiger partial charge on any atom is -0.395 e. The lowest BCUT2D eigenvalue weighted by Crippen LogP contribution is -2.12. The number of anilines is 1. The highest BCUT2D eigenvalue weighted by molar-refractivity contribution is 14.1. The van der Waals surface area contributed by atoms with Crippen LogP contribution in [0.5, 0.6) is 0 Å². The molecule has 2 heterocycles. The topological polar surface area (TPSA) is 56.2 Å². The largest absolute Gasteiger partial charge is 0.418 e. The van der Waals surface area contributed by atoms with E-state index in [2.05, 4.69) is 10.2 Å². The Hall–Kier alpha value is -1.06. The van der Waals surface area contributed by atoms with Crippen LogP contribution in [0.15, 0.2) is 6.20 Å². The Morgan fingerprint density at radius 3 is 2.56 bits per heavy atom. The van der Waals surface area contributed by atoms with Crippen molar-refractivity contribution < 1.29 is 13.2 Å². The fraction of sp³-hybridized carbons (Fsp3) is 0.250. The molecule has 0 unspecified atom stereocenters. The molecule has 2 N–H and O–H groups in total. The average molecular weight is 342 g/mol. The summed E-state index contributed by atoms with van der Waals surface area (Å²) in [4.78, 5) is 0. The van der Waals surface area contributed by atoms with Gasteiger partial charge in [-0.3, -0.25) is 4.40 Å². The molecule has 0 aliphatic heterocycles. The van der Waals surface area contributed by atoms with Crippen molar-refractivity contribution in [2.45, 2.75) is 13.1 Å². The predicted octanol–water partition coefficient (Wildman–Crippen LogP) is 2.24. The van der Waals surface area contributed by atoms with Gasteiger partial charge < -0.3 is 5.73 Å². The van der Waals surface area contributed by atoms with Crippen LogP contribution in [0, 0.1) is 10.5 Å². The first-order valence-electron chi connectivity index (χ1n) is 4.19. The molecule has 0 saturated heterocycles.